The normalized spacial score (nSPS) is 22.1. The summed E-state index contributed by atoms with van der Waals surface area (Å²) >= 11 is 3.16. The van der Waals surface area contributed by atoms with Crippen LogP contribution < -0.4 is 5.32 Å². The van der Waals surface area contributed by atoms with E-state index in [-0.39, 0.29) is 10.9 Å². The molecule has 1 aliphatic rings. The standard InChI is InChI=1S/C11H14BrFN2O2S/c1-8-7-14-4-5-15(8)18(16,17)11-6-9(13)2-3-10(11)12/h2-3,6,8,14H,4-5,7H2,1H3/t8-/m1/s1. The van der Waals surface area contributed by atoms with E-state index < -0.39 is 15.8 Å². The molecule has 0 spiro atoms. The SMILES string of the molecule is C[C@@H]1CNCCN1S(=O)(=O)c1cc(F)ccc1Br. The molecule has 0 saturated carbocycles. The lowest BCUT2D eigenvalue weighted by Gasteiger charge is -2.33. The Morgan fingerprint density at radius 3 is 2.89 bits per heavy atom. The van der Waals surface area contributed by atoms with Crippen molar-refractivity contribution in [1.29, 1.82) is 0 Å². The third kappa shape index (κ3) is 2.59. The lowest BCUT2D eigenvalue weighted by molar-refractivity contribution is 0.283. The van der Waals surface area contributed by atoms with Gasteiger partial charge in [0.25, 0.3) is 0 Å². The van der Waals surface area contributed by atoms with Gasteiger partial charge in [0.1, 0.15) is 5.82 Å². The summed E-state index contributed by atoms with van der Waals surface area (Å²) in [5, 5.41) is 3.12. The van der Waals surface area contributed by atoms with Crippen LogP contribution >= 0.6 is 15.9 Å². The summed E-state index contributed by atoms with van der Waals surface area (Å²) in [5.41, 5.74) is 0. The molecule has 18 heavy (non-hydrogen) atoms. The van der Waals surface area contributed by atoms with Gasteiger partial charge in [-0.25, -0.2) is 12.8 Å². The first kappa shape index (κ1) is 13.9. The number of nitrogens with one attached hydrogen (secondary N) is 1. The average molecular weight is 337 g/mol. The van der Waals surface area contributed by atoms with Crippen LogP contribution in [0, 0.1) is 5.82 Å². The number of sulfonamides is 1. The van der Waals surface area contributed by atoms with Gasteiger partial charge in [-0.3, -0.25) is 0 Å². The monoisotopic (exact) mass is 336 g/mol. The number of nitrogens with zero attached hydrogens (tertiary/aromatic N) is 1. The summed E-state index contributed by atoms with van der Waals surface area (Å²) in [4.78, 5) is -0.0174. The summed E-state index contributed by atoms with van der Waals surface area (Å²) in [6.45, 7) is 3.44. The molecule has 0 bridgehead atoms. The van der Waals surface area contributed by atoms with E-state index >= 15 is 0 Å². The highest BCUT2D eigenvalue weighted by Gasteiger charge is 2.32. The fourth-order valence-corrected chi connectivity index (χ4v) is 4.55. The van der Waals surface area contributed by atoms with E-state index in [2.05, 4.69) is 21.2 Å². The maximum absolute atomic E-state index is 13.2. The van der Waals surface area contributed by atoms with E-state index in [0.717, 1.165) is 6.07 Å². The topological polar surface area (TPSA) is 49.4 Å². The van der Waals surface area contributed by atoms with Crippen LogP contribution in [0.2, 0.25) is 0 Å². The number of rotatable bonds is 2. The Kier molecular flexibility index (Phi) is 4.05. The van der Waals surface area contributed by atoms with E-state index in [1.807, 2.05) is 6.92 Å². The summed E-state index contributed by atoms with van der Waals surface area (Å²) in [5.74, 6) is -0.556. The molecule has 1 aromatic carbocycles. The third-order valence-corrected chi connectivity index (χ3v) is 5.93. The highest BCUT2D eigenvalue weighted by atomic mass is 79.9. The van der Waals surface area contributed by atoms with Crippen molar-refractivity contribution < 1.29 is 12.8 Å². The Morgan fingerprint density at radius 1 is 1.50 bits per heavy atom. The van der Waals surface area contributed by atoms with Gasteiger partial charge >= 0.3 is 0 Å². The predicted molar refractivity (Wildman–Crippen MR) is 70.3 cm³/mol. The van der Waals surface area contributed by atoms with Gasteiger partial charge in [0, 0.05) is 30.1 Å². The first-order valence-electron chi connectivity index (χ1n) is 5.60. The molecule has 1 aliphatic heterocycles. The molecule has 0 unspecified atom stereocenters. The van der Waals surface area contributed by atoms with Gasteiger partial charge in [-0.05, 0) is 41.1 Å². The quantitative estimate of drug-likeness (QED) is 0.891. The molecular weight excluding hydrogens is 323 g/mol. The summed E-state index contributed by atoms with van der Waals surface area (Å²) < 4.78 is 40.0. The molecule has 100 valence electrons. The lowest BCUT2D eigenvalue weighted by atomic mass is 10.3. The first-order chi connectivity index (χ1) is 8.43. The van der Waals surface area contributed by atoms with Crippen molar-refractivity contribution in [3.63, 3.8) is 0 Å². The number of hydrogen-bond donors (Lipinski definition) is 1. The second-order valence-corrected chi connectivity index (χ2v) is 6.96. The van der Waals surface area contributed by atoms with Gasteiger partial charge in [-0.2, -0.15) is 4.31 Å². The van der Waals surface area contributed by atoms with Crippen molar-refractivity contribution in [3.8, 4) is 0 Å². The Bertz CT molecular complexity index is 550. The van der Waals surface area contributed by atoms with Crippen LogP contribution in [0.5, 0.6) is 0 Å². The van der Waals surface area contributed by atoms with Gasteiger partial charge in [-0.1, -0.05) is 0 Å². The van der Waals surface area contributed by atoms with Crippen molar-refractivity contribution in [2.24, 2.45) is 0 Å². The fourth-order valence-electron chi connectivity index (χ4n) is 1.98. The van der Waals surface area contributed by atoms with Gasteiger partial charge in [0.15, 0.2) is 0 Å². The molecule has 1 N–H and O–H groups in total. The minimum Gasteiger partial charge on any atom is -0.314 e. The van der Waals surface area contributed by atoms with Gasteiger partial charge in [-0.15, -0.1) is 0 Å². The Balaban J connectivity index is 2.44. The molecule has 0 radical (unpaired) electrons. The molecule has 1 atom stereocenters. The molecule has 0 aliphatic carbocycles. The van der Waals surface area contributed by atoms with E-state index in [1.54, 1.807) is 0 Å². The minimum atomic E-state index is -3.66. The number of benzene rings is 1. The lowest BCUT2D eigenvalue weighted by Crippen LogP contribution is -2.52. The number of hydrogen-bond acceptors (Lipinski definition) is 3. The number of piperazine rings is 1. The second-order valence-electron chi connectivity index (χ2n) is 4.24. The molecule has 4 nitrogen and oxygen atoms in total. The van der Waals surface area contributed by atoms with Crippen molar-refractivity contribution in [1.82, 2.24) is 9.62 Å². The highest BCUT2D eigenvalue weighted by Crippen LogP contribution is 2.27. The van der Waals surface area contributed by atoms with Gasteiger partial charge < -0.3 is 5.32 Å². The average Bonchev–Trinajstić information content (AvgIpc) is 2.32. The van der Waals surface area contributed by atoms with Gasteiger partial charge in [0.2, 0.25) is 10.0 Å². The third-order valence-electron chi connectivity index (χ3n) is 2.92. The fraction of sp³-hybridized carbons (Fsp3) is 0.455. The molecule has 0 aromatic heterocycles. The van der Waals surface area contributed by atoms with E-state index in [1.165, 1.54) is 16.4 Å². The van der Waals surface area contributed by atoms with Crippen molar-refractivity contribution in [3.05, 3.63) is 28.5 Å². The molecule has 1 heterocycles. The van der Waals surface area contributed by atoms with Crippen LogP contribution in [0.3, 0.4) is 0 Å². The van der Waals surface area contributed by atoms with Crippen molar-refractivity contribution in [2.75, 3.05) is 19.6 Å². The van der Waals surface area contributed by atoms with Crippen LogP contribution in [0.4, 0.5) is 4.39 Å². The molecule has 1 aromatic rings. The Morgan fingerprint density at radius 2 is 2.22 bits per heavy atom. The van der Waals surface area contributed by atoms with Crippen LogP contribution in [0.15, 0.2) is 27.6 Å². The van der Waals surface area contributed by atoms with Crippen molar-refractivity contribution in [2.45, 2.75) is 17.9 Å². The van der Waals surface area contributed by atoms with Crippen LogP contribution in [-0.2, 0) is 10.0 Å². The second kappa shape index (κ2) is 5.24. The number of halogens is 2. The summed E-state index contributed by atoms with van der Waals surface area (Å²) in [6, 6.07) is 3.55. The van der Waals surface area contributed by atoms with E-state index in [4.69, 9.17) is 0 Å². The molecule has 1 fully saturated rings. The maximum Gasteiger partial charge on any atom is 0.244 e. The van der Waals surface area contributed by atoms with Gasteiger partial charge in [0.05, 0.1) is 4.90 Å². The molecule has 1 saturated heterocycles. The maximum atomic E-state index is 13.2. The first-order valence-corrected chi connectivity index (χ1v) is 7.84. The zero-order valence-corrected chi connectivity index (χ0v) is 12.3. The summed E-state index contributed by atoms with van der Waals surface area (Å²) in [7, 11) is -3.66. The predicted octanol–water partition coefficient (Wildman–Crippen LogP) is 1.57. The highest BCUT2D eigenvalue weighted by molar-refractivity contribution is 9.10. The smallest absolute Gasteiger partial charge is 0.244 e. The zero-order chi connectivity index (χ0) is 13.3. The molecule has 0 amide bonds. The van der Waals surface area contributed by atoms with E-state index in [9.17, 15) is 12.8 Å². The molecule has 2 rings (SSSR count). The Hall–Kier alpha value is -0.500. The minimum absolute atomic E-state index is 0.0174. The van der Waals surface area contributed by atoms with Crippen molar-refractivity contribution >= 4 is 26.0 Å². The largest absolute Gasteiger partial charge is 0.314 e. The molecular formula is C11H14BrFN2O2S. The molecule has 7 heteroatoms. The van der Waals surface area contributed by atoms with Crippen LogP contribution in [0.25, 0.3) is 0 Å². The van der Waals surface area contributed by atoms with Crippen LogP contribution in [-0.4, -0.2) is 38.4 Å². The summed E-state index contributed by atoms with van der Waals surface area (Å²) in [6.07, 6.45) is 0. The van der Waals surface area contributed by atoms with E-state index in [0.29, 0.717) is 24.1 Å². The zero-order valence-electron chi connectivity index (χ0n) is 9.86. The van der Waals surface area contributed by atoms with Crippen LogP contribution in [0.1, 0.15) is 6.92 Å². The Labute approximate surface area is 114 Å².